The zero-order valence-electron chi connectivity index (χ0n) is 36.0. The number of carbonyl (C=O) groups is 3. The van der Waals surface area contributed by atoms with Gasteiger partial charge in [-0.2, -0.15) is 0 Å². The number of hydrogen-bond donors (Lipinski definition) is 6. The molecule has 1 aliphatic rings. The van der Waals surface area contributed by atoms with Crippen molar-refractivity contribution in [2.45, 2.75) is 76.5 Å². The molecule has 1 aliphatic heterocycles. The molecule has 8 N–H and O–H groups in total. The normalized spacial score (nSPS) is 14.3. The van der Waals surface area contributed by atoms with E-state index in [1.807, 2.05) is 121 Å². The number of methoxy groups -OCH3 is 1. The minimum Gasteiger partial charge on any atom is -0.497 e. The molecule has 10 nitrogen and oxygen atoms in total. The monoisotopic (exact) mass is 849 g/mol. The van der Waals surface area contributed by atoms with Crippen molar-refractivity contribution in [3.05, 3.63) is 185 Å². The third-order valence-corrected chi connectivity index (χ3v) is 11.3. The van der Waals surface area contributed by atoms with Gasteiger partial charge in [0.2, 0.25) is 0 Å². The van der Waals surface area contributed by atoms with Crippen molar-refractivity contribution in [2.75, 3.05) is 7.11 Å². The number of aliphatic carboxylic acids is 3. The molecule has 0 bridgehead atoms. The summed E-state index contributed by atoms with van der Waals surface area (Å²) in [6.07, 6.45) is 4.82. The van der Waals surface area contributed by atoms with Gasteiger partial charge in [0.1, 0.15) is 17.8 Å². The number of rotatable bonds is 16. The molecular formula is C53H59N3O7. The molecule has 0 unspecified atom stereocenters. The van der Waals surface area contributed by atoms with Crippen LogP contribution in [0.3, 0.4) is 0 Å². The third kappa shape index (κ3) is 14.8. The topological polar surface area (TPSA) is 185 Å². The van der Waals surface area contributed by atoms with Crippen molar-refractivity contribution in [1.29, 1.82) is 0 Å². The molecule has 0 amide bonds. The van der Waals surface area contributed by atoms with Gasteiger partial charge >= 0.3 is 17.9 Å². The van der Waals surface area contributed by atoms with E-state index in [-0.39, 0.29) is 5.92 Å². The average molecular weight is 850 g/mol. The number of benzene rings is 6. The molecule has 0 aliphatic carbocycles. The molecule has 6 aromatic carbocycles. The minimum atomic E-state index is -0.979. The molecule has 6 aromatic rings. The Morgan fingerprint density at radius 2 is 1.13 bits per heavy atom. The molecule has 1 heterocycles. The summed E-state index contributed by atoms with van der Waals surface area (Å²) in [5.41, 5.74) is 22.5. The van der Waals surface area contributed by atoms with Crippen molar-refractivity contribution < 1.29 is 34.4 Å². The maximum Gasteiger partial charge on any atom is 0.320 e. The van der Waals surface area contributed by atoms with Crippen molar-refractivity contribution in [3.63, 3.8) is 0 Å². The van der Waals surface area contributed by atoms with E-state index in [9.17, 15) is 19.5 Å². The summed E-state index contributed by atoms with van der Waals surface area (Å²) in [5, 5.41) is 30.6. The Morgan fingerprint density at radius 1 is 0.619 bits per heavy atom. The summed E-state index contributed by atoms with van der Waals surface area (Å²) in [6, 6.07) is 48.8. The van der Waals surface area contributed by atoms with Crippen LogP contribution in [-0.4, -0.2) is 58.5 Å². The van der Waals surface area contributed by atoms with Crippen LogP contribution in [-0.2, 0) is 53.0 Å². The van der Waals surface area contributed by atoms with Crippen molar-refractivity contribution >= 4 is 17.9 Å². The van der Waals surface area contributed by atoms with Crippen LogP contribution in [0, 0.1) is 5.92 Å². The molecule has 7 rings (SSSR count). The van der Waals surface area contributed by atoms with Gasteiger partial charge < -0.3 is 36.8 Å². The highest BCUT2D eigenvalue weighted by Gasteiger charge is 2.23. The van der Waals surface area contributed by atoms with Gasteiger partial charge in [0.05, 0.1) is 13.0 Å². The van der Waals surface area contributed by atoms with E-state index in [0.29, 0.717) is 31.7 Å². The second-order valence-corrected chi connectivity index (χ2v) is 15.8. The number of aryl methyl sites for hydroxylation is 1. The standard InChI is InChI=1S/C20H23NO2.C18H21NO3.C15H15NO2/c22-20(23)17(12-15-6-2-1-3-7-15)10-11-19-13-16-8-4-5-9-18(16)14-21-19;1-3-13-11-15(22-2)8-9-16(13)14-6-4-12(5-7-14)10-17(19)18(20)21;16-14(15(17)18)10-11-6-8-13(9-7-11)12-4-2-1-3-5-12/h1-9,17,19,21H,10-14H2,(H,22,23);4-9,11,17H,3,10,19H2,1-2H3,(H,20,21);1-9,14H,10,16H2,(H,17,18)/t17-,19+;17-;14-/m000/s1. The van der Waals surface area contributed by atoms with E-state index in [4.69, 9.17) is 26.4 Å². The lowest BCUT2D eigenvalue weighted by atomic mass is 9.89. The number of ether oxygens (including phenoxy) is 1. The van der Waals surface area contributed by atoms with Crippen molar-refractivity contribution in [2.24, 2.45) is 17.4 Å². The molecule has 0 fully saturated rings. The van der Waals surface area contributed by atoms with Gasteiger partial charge in [0.25, 0.3) is 0 Å². The van der Waals surface area contributed by atoms with Gasteiger partial charge in [-0.05, 0) is 113 Å². The molecule has 328 valence electrons. The largest absolute Gasteiger partial charge is 0.497 e. The van der Waals surface area contributed by atoms with Crippen LogP contribution in [0.15, 0.2) is 152 Å². The molecule has 10 heteroatoms. The summed E-state index contributed by atoms with van der Waals surface area (Å²) in [6.45, 7) is 3.00. The molecule has 0 spiro atoms. The van der Waals surface area contributed by atoms with Gasteiger partial charge in [-0.15, -0.1) is 0 Å². The Bertz CT molecular complexity index is 2350. The van der Waals surface area contributed by atoms with E-state index in [2.05, 4.69) is 42.6 Å². The van der Waals surface area contributed by atoms with Crippen LogP contribution in [0.4, 0.5) is 0 Å². The summed E-state index contributed by atoms with van der Waals surface area (Å²) < 4.78 is 5.26. The van der Waals surface area contributed by atoms with Gasteiger partial charge in [0, 0.05) is 12.6 Å². The quantitative estimate of drug-likeness (QED) is 0.0551. The van der Waals surface area contributed by atoms with Crippen LogP contribution in [0.1, 0.15) is 53.1 Å². The maximum absolute atomic E-state index is 11.6. The van der Waals surface area contributed by atoms with Crippen LogP contribution < -0.4 is 21.5 Å². The zero-order valence-corrected chi connectivity index (χ0v) is 36.0. The van der Waals surface area contributed by atoms with Gasteiger partial charge in [-0.3, -0.25) is 14.4 Å². The summed E-state index contributed by atoms with van der Waals surface area (Å²) in [7, 11) is 1.66. The molecule has 0 aromatic heterocycles. The molecular weight excluding hydrogens is 791 g/mol. The first-order valence-electron chi connectivity index (χ1n) is 21.4. The van der Waals surface area contributed by atoms with E-state index in [0.717, 1.165) is 70.5 Å². The van der Waals surface area contributed by atoms with Crippen LogP contribution in [0.2, 0.25) is 0 Å². The van der Waals surface area contributed by atoms with Crippen molar-refractivity contribution in [3.8, 4) is 28.0 Å². The number of carboxylic acids is 3. The highest BCUT2D eigenvalue weighted by atomic mass is 16.5. The lowest BCUT2D eigenvalue weighted by Gasteiger charge is -2.27. The first kappa shape index (κ1) is 47.5. The summed E-state index contributed by atoms with van der Waals surface area (Å²) in [5.74, 6) is -2.10. The summed E-state index contributed by atoms with van der Waals surface area (Å²) in [4.78, 5) is 33.0. The molecule has 4 atom stereocenters. The highest BCUT2D eigenvalue weighted by Crippen LogP contribution is 2.29. The van der Waals surface area contributed by atoms with Crippen molar-refractivity contribution in [1.82, 2.24) is 5.32 Å². The van der Waals surface area contributed by atoms with Gasteiger partial charge in [-0.25, -0.2) is 0 Å². The Balaban J connectivity index is 0.000000180. The number of nitrogens with two attached hydrogens (primary N) is 2. The van der Waals surface area contributed by atoms with Crippen LogP contribution in [0.25, 0.3) is 22.3 Å². The van der Waals surface area contributed by atoms with E-state index < -0.39 is 30.0 Å². The average Bonchev–Trinajstić information content (AvgIpc) is 3.31. The Kier molecular flexibility index (Phi) is 18.2. The minimum absolute atomic E-state index is 0.309. The molecule has 0 saturated heterocycles. The van der Waals surface area contributed by atoms with Crippen LogP contribution >= 0.6 is 0 Å². The highest BCUT2D eigenvalue weighted by molar-refractivity contribution is 5.74. The second kappa shape index (κ2) is 24.2. The zero-order chi connectivity index (χ0) is 45.1. The predicted octanol–water partition coefficient (Wildman–Crippen LogP) is 8.61. The first-order chi connectivity index (χ1) is 30.4. The van der Waals surface area contributed by atoms with Crippen LogP contribution in [0.5, 0.6) is 5.75 Å². The Morgan fingerprint density at radius 3 is 1.67 bits per heavy atom. The fraction of sp³-hybridized carbons (Fsp3) is 0.264. The number of nitrogens with one attached hydrogen (secondary N) is 1. The Hall–Kier alpha value is -6.59. The van der Waals surface area contributed by atoms with E-state index in [1.54, 1.807) is 7.11 Å². The number of fused-ring (bicyclic) bond motifs is 1. The Labute approximate surface area is 370 Å². The predicted molar refractivity (Wildman–Crippen MR) is 250 cm³/mol. The van der Waals surface area contributed by atoms with Gasteiger partial charge in [0.15, 0.2) is 0 Å². The SMILES string of the molecule is CCc1cc(OC)ccc1-c1ccc(C[C@H](N)C(=O)O)cc1.N[C@@H](Cc1ccc(-c2ccccc2)cc1)C(=O)O.O=C(O)[C@@H](CC[C@@H]1Cc2ccccc2CN1)Cc1ccccc1. The third-order valence-electron chi connectivity index (χ3n) is 11.3. The maximum atomic E-state index is 11.6. The van der Waals surface area contributed by atoms with E-state index in [1.165, 1.54) is 16.7 Å². The smallest absolute Gasteiger partial charge is 0.320 e. The lowest BCUT2D eigenvalue weighted by molar-refractivity contribution is -0.142. The lowest BCUT2D eigenvalue weighted by Crippen LogP contribution is -2.36. The second-order valence-electron chi connectivity index (χ2n) is 15.8. The fourth-order valence-corrected chi connectivity index (χ4v) is 7.58. The molecule has 0 radical (unpaired) electrons. The first-order valence-corrected chi connectivity index (χ1v) is 21.4. The summed E-state index contributed by atoms with van der Waals surface area (Å²) >= 11 is 0. The van der Waals surface area contributed by atoms with Gasteiger partial charge in [-0.1, -0.05) is 146 Å². The number of hydrogen-bond acceptors (Lipinski definition) is 7. The molecule has 0 saturated carbocycles. The van der Waals surface area contributed by atoms with E-state index >= 15 is 0 Å². The fourth-order valence-electron chi connectivity index (χ4n) is 7.58. The number of carboxylic acid groups (broad SMARTS) is 3. The molecule has 63 heavy (non-hydrogen) atoms.